The number of aryl methyl sites for hydroxylation is 1. The highest BCUT2D eigenvalue weighted by molar-refractivity contribution is 5.20. The van der Waals surface area contributed by atoms with Crippen LogP contribution in [0.1, 0.15) is 11.1 Å². The van der Waals surface area contributed by atoms with Crippen LogP contribution in [0.3, 0.4) is 0 Å². The van der Waals surface area contributed by atoms with Gasteiger partial charge in [0.25, 0.3) is 5.92 Å². The maximum absolute atomic E-state index is 13.8. The van der Waals surface area contributed by atoms with Crippen LogP contribution in [0.15, 0.2) is 42.7 Å². The summed E-state index contributed by atoms with van der Waals surface area (Å²) in [5, 5.41) is 6.83. The van der Waals surface area contributed by atoms with Gasteiger partial charge >= 0.3 is 0 Å². The molecular weight excluding hydrogens is 248 g/mol. The van der Waals surface area contributed by atoms with E-state index in [0.717, 1.165) is 5.56 Å². The van der Waals surface area contributed by atoms with E-state index in [2.05, 4.69) is 10.4 Å². The topological polar surface area (TPSA) is 29.9 Å². The Morgan fingerprint density at radius 3 is 2.63 bits per heavy atom. The van der Waals surface area contributed by atoms with E-state index in [1.165, 1.54) is 12.1 Å². The minimum atomic E-state index is -2.84. The summed E-state index contributed by atoms with van der Waals surface area (Å²) in [6.45, 7) is 0.158. The van der Waals surface area contributed by atoms with Crippen LogP contribution in [0, 0.1) is 0 Å². The zero-order chi connectivity index (χ0) is 13.7. The van der Waals surface area contributed by atoms with Crippen molar-refractivity contribution in [3.63, 3.8) is 0 Å². The predicted molar refractivity (Wildman–Crippen MR) is 70.1 cm³/mol. The highest BCUT2D eigenvalue weighted by Crippen LogP contribution is 2.26. The number of halogens is 2. The summed E-state index contributed by atoms with van der Waals surface area (Å²) in [7, 11) is 1.83. The van der Waals surface area contributed by atoms with Crippen molar-refractivity contribution in [1.29, 1.82) is 0 Å². The fourth-order valence-electron chi connectivity index (χ4n) is 1.86. The van der Waals surface area contributed by atoms with Crippen LogP contribution in [-0.2, 0) is 19.4 Å². The second kappa shape index (κ2) is 5.93. The normalized spacial score (nSPS) is 11.7. The molecule has 102 valence electrons. The average molecular weight is 265 g/mol. The molecule has 0 aliphatic rings. The van der Waals surface area contributed by atoms with Crippen molar-refractivity contribution in [3.8, 4) is 0 Å². The quantitative estimate of drug-likeness (QED) is 0.812. The van der Waals surface area contributed by atoms with Crippen LogP contribution in [-0.4, -0.2) is 22.9 Å². The van der Waals surface area contributed by atoms with E-state index >= 15 is 0 Å². The van der Waals surface area contributed by atoms with Crippen molar-refractivity contribution in [2.75, 3.05) is 13.1 Å². The van der Waals surface area contributed by atoms with Gasteiger partial charge in [0.05, 0.1) is 12.7 Å². The lowest BCUT2D eigenvalue weighted by molar-refractivity contribution is -0.00285. The summed E-state index contributed by atoms with van der Waals surface area (Å²) in [6.07, 6.45) is 4.33. The summed E-state index contributed by atoms with van der Waals surface area (Å²) in [5.41, 5.74) is 1.09. The third-order valence-electron chi connectivity index (χ3n) is 2.89. The molecular formula is C14H17F2N3. The summed E-state index contributed by atoms with van der Waals surface area (Å²) >= 11 is 0. The fraction of sp³-hybridized carbons (Fsp3) is 0.357. The number of hydrogen-bond acceptors (Lipinski definition) is 2. The number of nitrogens with zero attached hydrogens (tertiary/aromatic N) is 2. The molecule has 0 saturated heterocycles. The SMILES string of the molecule is Cn1cc(CCNCC(F)(F)c2ccccc2)cn1. The van der Waals surface area contributed by atoms with Crippen LogP contribution >= 0.6 is 0 Å². The monoisotopic (exact) mass is 265 g/mol. The maximum atomic E-state index is 13.8. The van der Waals surface area contributed by atoms with E-state index in [-0.39, 0.29) is 12.1 Å². The minimum Gasteiger partial charge on any atom is -0.311 e. The summed E-state index contributed by atoms with van der Waals surface area (Å²) in [5.74, 6) is -2.84. The largest absolute Gasteiger partial charge is 0.311 e. The first-order valence-corrected chi connectivity index (χ1v) is 6.19. The number of hydrogen-bond donors (Lipinski definition) is 1. The lowest BCUT2D eigenvalue weighted by Gasteiger charge is -2.17. The van der Waals surface area contributed by atoms with Crippen LogP contribution in [0.25, 0.3) is 0 Å². The molecule has 1 heterocycles. The van der Waals surface area contributed by atoms with Crippen LogP contribution in [0.5, 0.6) is 0 Å². The third-order valence-corrected chi connectivity index (χ3v) is 2.89. The smallest absolute Gasteiger partial charge is 0.285 e. The molecule has 0 aliphatic heterocycles. The lowest BCUT2D eigenvalue weighted by atomic mass is 10.1. The Morgan fingerprint density at radius 2 is 2.00 bits per heavy atom. The average Bonchev–Trinajstić information content (AvgIpc) is 2.82. The van der Waals surface area contributed by atoms with Gasteiger partial charge in [-0.1, -0.05) is 30.3 Å². The zero-order valence-corrected chi connectivity index (χ0v) is 10.8. The third kappa shape index (κ3) is 3.86. The van der Waals surface area contributed by atoms with E-state index in [1.54, 1.807) is 29.1 Å². The Bertz CT molecular complexity index is 508. The summed E-state index contributed by atoms with van der Waals surface area (Å²) in [4.78, 5) is 0. The Hall–Kier alpha value is -1.75. The van der Waals surface area contributed by atoms with Gasteiger partial charge in [-0.2, -0.15) is 13.9 Å². The van der Waals surface area contributed by atoms with Crippen molar-refractivity contribution >= 4 is 0 Å². The van der Waals surface area contributed by atoms with Gasteiger partial charge in [0.2, 0.25) is 0 Å². The van der Waals surface area contributed by atoms with Gasteiger partial charge in [0.15, 0.2) is 0 Å². The molecule has 0 radical (unpaired) electrons. The van der Waals surface area contributed by atoms with Gasteiger partial charge in [0.1, 0.15) is 0 Å². The molecule has 1 aromatic heterocycles. The summed E-state index contributed by atoms with van der Waals surface area (Å²) in [6, 6.07) is 7.87. The van der Waals surface area contributed by atoms with Crippen molar-refractivity contribution in [2.24, 2.45) is 7.05 Å². The van der Waals surface area contributed by atoms with E-state index in [1.807, 2.05) is 13.2 Å². The van der Waals surface area contributed by atoms with Gasteiger partial charge in [-0.25, -0.2) is 0 Å². The van der Waals surface area contributed by atoms with Crippen molar-refractivity contribution in [1.82, 2.24) is 15.1 Å². The highest BCUT2D eigenvalue weighted by Gasteiger charge is 2.30. The molecule has 0 bridgehead atoms. The number of alkyl halides is 2. The minimum absolute atomic E-state index is 0.0453. The molecule has 1 N–H and O–H groups in total. The first-order valence-electron chi connectivity index (χ1n) is 6.19. The van der Waals surface area contributed by atoms with E-state index in [0.29, 0.717) is 13.0 Å². The molecule has 0 aliphatic carbocycles. The highest BCUT2D eigenvalue weighted by atomic mass is 19.3. The molecule has 0 spiro atoms. The van der Waals surface area contributed by atoms with E-state index < -0.39 is 5.92 Å². The molecule has 0 amide bonds. The Balaban J connectivity index is 1.79. The Morgan fingerprint density at radius 1 is 1.26 bits per heavy atom. The zero-order valence-electron chi connectivity index (χ0n) is 10.8. The first-order chi connectivity index (χ1) is 9.08. The van der Waals surface area contributed by atoms with Gasteiger partial charge in [-0.15, -0.1) is 0 Å². The Kier molecular flexibility index (Phi) is 4.27. The molecule has 19 heavy (non-hydrogen) atoms. The second-order valence-electron chi connectivity index (χ2n) is 4.52. The van der Waals surface area contributed by atoms with E-state index in [9.17, 15) is 8.78 Å². The van der Waals surface area contributed by atoms with Gasteiger partial charge < -0.3 is 5.32 Å². The Labute approximate surface area is 111 Å². The molecule has 1 aromatic carbocycles. The van der Waals surface area contributed by atoms with Crippen molar-refractivity contribution in [3.05, 3.63) is 53.9 Å². The van der Waals surface area contributed by atoms with Crippen molar-refractivity contribution in [2.45, 2.75) is 12.3 Å². The first kappa shape index (κ1) is 13.7. The standard InChI is InChI=1S/C14H17F2N3/c1-19-10-12(9-18-19)7-8-17-11-14(15,16)13-5-3-2-4-6-13/h2-6,9-10,17H,7-8,11H2,1H3. The molecule has 2 aromatic rings. The van der Waals surface area contributed by atoms with Gasteiger partial charge in [0, 0.05) is 18.8 Å². The fourth-order valence-corrected chi connectivity index (χ4v) is 1.86. The molecule has 0 saturated carbocycles. The van der Waals surface area contributed by atoms with Crippen LogP contribution < -0.4 is 5.32 Å². The number of rotatable bonds is 6. The number of benzene rings is 1. The van der Waals surface area contributed by atoms with Crippen molar-refractivity contribution < 1.29 is 8.78 Å². The van der Waals surface area contributed by atoms with Crippen LogP contribution in [0.4, 0.5) is 8.78 Å². The predicted octanol–water partition coefficient (Wildman–Crippen LogP) is 2.34. The molecule has 2 rings (SSSR count). The van der Waals surface area contributed by atoms with Crippen LogP contribution in [0.2, 0.25) is 0 Å². The van der Waals surface area contributed by atoms with Gasteiger partial charge in [-0.05, 0) is 18.5 Å². The molecule has 0 atom stereocenters. The maximum Gasteiger partial charge on any atom is 0.285 e. The second-order valence-corrected chi connectivity index (χ2v) is 4.52. The molecule has 0 fully saturated rings. The molecule has 3 nitrogen and oxygen atoms in total. The summed E-state index contributed by atoms with van der Waals surface area (Å²) < 4.78 is 29.3. The lowest BCUT2D eigenvalue weighted by Crippen LogP contribution is -2.31. The van der Waals surface area contributed by atoms with E-state index in [4.69, 9.17) is 0 Å². The number of aromatic nitrogens is 2. The number of nitrogens with one attached hydrogen (secondary N) is 1. The molecule has 0 unspecified atom stereocenters. The molecule has 5 heteroatoms. The van der Waals surface area contributed by atoms with Gasteiger partial charge in [-0.3, -0.25) is 4.68 Å².